The van der Waals surface area contributed by atoms with E-state index in [9.17, 15) is 4.79 Å². The van der Waals surface area contributed by atoms with Gasteiger partial charge in [-0.2, -0.15) is 0 Å². The first-order chi connectivity index (χ1) is 9.46. The molecule has 0 aliphatic heterocycles. The van der Waals surface area contributed by atoms with Crippen molar-refractivity contribution in [2.75, 3.05) is 11.9 Å². The highest BCUT2D eigenvalue weighted by Crippen LogP contribution is 2.26. The molecule has 1 amide bonds. The maximum absolute atomic E-state index is 11.9. The molecule has 20 heavy (non-hydrogen) atoms. The van der Waals surface area contributed by atoms with Crippen molar-refractivity contribution in [2.24, 2.45) is 11.1 Å². The van der Waals surface area contributed by atoms with Crippen molar-refractivity contribution in [2.45, 2.75) is 52.9 Å². The van der Waals surface area contributed by atoms with Gasteiger partial charge in [0, 0.05) is 12.1 Å². The van der Waals surface area contributed by atoms with E-state index in [1.54, 1.807) is 0 Å². The van der Waals surface area contributed by atoms with E-state index in [4.69, 9.17) is 5.73 Å². The summed E-state index contributed by atoms with van der Waals surface area (Å²) in [5.74, 6) is 0.0818. The van der Waals surface area contributed by atoms with Crippen molar-refractivity contribution in [1.82, 2.24) is 0 Å². The Bertz CT molecular complexity index is 410. The van der Waals surface area contributed by atoms with Crippen LogP contribution < -0.4 is 11.1 Å². The van der Waals surface area contributed by atoms with E-state index in [1.807, 2.05) is 12.1 Å². The summed E-state index contributed by atoms with van der Waals surface area (Å²) in [6.07, 6.45) is 4.59. The lowest BCUT2D eigenvalue weighted by atomic mass is 9.84. The minimum Gasteiger partial charge on any atom is -0.330 e. The second-order valence-electron chi connectivity index (χ2n) is 6.20. The van der Waals surface area contributed by atoms with Gasteiger partial charge in [0.1, 0.15) is 0 Å². The SMILES string of the molecule is CCCc1ccc(NC(=O)CCC(C)(C)CCN)cc1. The van der Waals surface area contributed by atoms with Gasteiger partial charge in [0.2, 0.25) is 5.91 Å². The summed E-state index contributed by atoms with van der Waals surface area (Å²) < 4.78 is 0. The van der Waals surface area contributed by atoms with Crippen LogP contribution in [0.25, 0.3) is 0 Å². The van der Waals surface area contributed by atoms with Crippen LogP contribution in [-0.4, -0.2) is 12.5 Å². The lowest BCUT2D eigenvalue weighted by molar-refractivity contribution is -0.116. The number of hydrogen-bond acceptors (Lipinski definition) is 2. The van der Waals surface area contributed by atoms with Gasteiger partial charge in [-0.3, -0.25) is 4.79 Å². The Morgan fingerprint density at radius 2 is 1.85 bits per heavy atom. The number of amides is 1. The fourth-order valence-electron chi connectivity index (χ4n) is 2.23. The highest BCUT2D eigenvalue weighted by Gasteiger charge is 2.18. The third kappa shape index (κ3) is 6.20. The van der Waals surface area contributed by atoms with Gasteiger partial charge in [0.25, 0.3) is 0 Å². The largest absolute Gasteiger partial charge is 0.330 e. The molecule has 1 rings (SSSR count). The number of carbonyl (C=O) groups is 1. The van der Waals surface area contributed by atoms with Crippen molar-refractivity contribution in [3.05, 3.63) is 29.8 Å². The van der Waals surface area contributed by atoms with Crippen LogP contribution in [0, 0.1) is 5.41 Å². The molecular weight excluding hydrogens is 248 g/mol. The fraction of sp³-hybridized carbons (Fsp3) is 0.588. The lowest BCUT2D eigenvalue weighted by Gasteiger charge is -2.23. The number of aryl methyl sites for hydroxylation is 1. The van der Waals surface area contributed by atoms with Gasteiger partial charge in [-0.05, 0) is 48.9 Å². The molecule has 0 unspecified atom stereocenters. The third-order valence-corrected chi connectivity index (χ3v) is 3.63. The number of anilines is 1. The van der Waals surface area contributed by atoms with Crippen molar-refractivity contribution in [3.63, 3.8) is 0 Å². The summed E-state index contributed by atoms with van der Waals surface area (Å²) in [5.41, 5.74) is 7.91. The molecule has 0 aromatic heterocycles. The molecule has 0 atom stereocenters. The Balaban J connectivity index is 2.42. The summed E-state index contributed by atoms with van der Waals surface area (Å²) in [6.45, 7) is 7.16. The Labute approximate surface area is 122 Å². The first-order valence-corrected chi connectivity index (χ1v) is 7.56. The highest BCUT2D eigenvalue weighted by molar-refractivity contribution is 5.90. The van der Waals surface area contributed by atoms with E-state index >= 15 is 0 Å². The van der Waals surface area contributed by atoms with Gasteiger partial charge < -0.3 is 11.1 Å². The van der Waals surface area contributed by atoms with Gasteiger partial charge >= 0.3 is 0 Å². The van der Waals surface area contributed by atoms with Gasteiger partial charge in [-0.1, -0.05) is 39.3 Å². The van der Waals surface area contributed by atoms with Crippen LogP contribution in [0.1, 0.15) is 52.0 Å². The van der Waals surface area contributed by atoms with Crippen LogP contribution in [0.5, 0.6) is 0 Å². The topological polar surface area (TPSA) is 55.1 Å². The van der Waals surface area contributed by atoms with Crippen molar-refractivity contribution < 1.29 is 4.79 Å². The summed E-state index contributed by atoms with van der Waals surface area (Å²) in [4.78, 5) is 11.9. The van der Waals surface area contributed by atoms with E-state index < -0.39 is 0 Å². The second-order valence-corrected chi connectivity index (χ2v) is 6.20. The van der Waals surface area contributed by atoms with Crippen molar-refractivity contribution >= 4 is 11.6 Å². The number of benzene rings is 1. The number of rotatable bonds is 8. The van der Waals surface area contributed by atoms with Crippen LogP contribution in [0.15, 0.2) is 24.3 Å². The Morgan fingerprint density at radius 3 is 2.40 bits per heavy atom. The maximum Gasteiger partial charge on any atom is 0.224 e. The molecule has 0 spiro atoms. The highest BCUT2D eigenvalue weighted by atomic mass is 16.1. The fourth-order valence-corrected chi connectivity index (χ4v) is 2.23. The number of nitrogens with one attached hydrogen (secondary N) is 1. The molecule has 0 aliphatic rings. The summed E-state index contributed by atoms with van der Waals surface area (Å²) in [6, 6.07) is 8.12. The van der Waals surface area contributed by atoms with Gasteiger partial charge in [-0.25, -0.2) is 0 Å². The zero-order valence-electron chi connectivity index (χ0n) is 13.0. The number of carbonyl (C=O) groups excluding carboxylic acids is 1. The molecule has 3 heteroatoms. The van der Waals surface area contributed by atoms with E-state index in [2.05, 4.69) is 38.2 Å². The third-order valence-electron chi connectivity index (χ3n) is 3.63. The molecule has 0 saturated heterocycles. The average Bonchev–Trinajstić information content (AvgIpc) is 2.39. The molecular formula is C17H28N2O. The minimum absolute atomic E-state index is 0.0818. The van der Waals surface area contributed by atoms with Crippen LogP contribution in [0.2, 0.25) is 0 Å². The summed E-state index contributed by atoms with van der Waals surface area (Å²) in [5, 5.41) is 2.96. The minimum atomic E-state index is 0.0818. The predicted molar refractivity (Wildman–Crippen MR) is 85.8 cm³/mol. The first-order valence-electron chi connectivity index (χ1n) is 7.56. The molecule has 112 valence electrons. The molecule has 0 heterocycles. The second kappa shape index (κ2) is 8.05. The molecule has 1 aromatic carbocycles. The summed E-state index contributed by atoms with van der Waals surface area (Å²) in [7, 11) is 0. The molecule has 0 saturated carbocycles. The van der Waals surface area contributed by atoms with E-state index in [0.29, 0.717) is 13.0 Å². The smallest absolute Gasteiger partial charge is 0.224 e. The van der Waals surface area contributed by atoms with Crippen LogP contribution >= 0.6 is 0 Å². The Hall–Kier alpha value is -1.35. The predicted octanol–water partition coefficient (Wildman–Crippen LogP) is 3.73. The van der Waals surface area contributed by atoms with Gasteiger partial charge in [0.05, 0.1) is 0 Å². The molecule has 0 aliphatic carbocycles. The van der Waals surface area contributed by atoms with E-state index in [0.717, 1.165) is 31.4 Å². The maximum atomic E-state index is 11.9. The number of hydrogen-bond donors (Lipinski definition) is 2. The molecule has 1 aromatic rings. The zero-order valence-corrected chi connectivity index (χ0v) is 13.0. The van der Waals surface area contributed by atoms with Crippen LogP contribution in [0.3, 0.4) is 0 Å². The first kappa shape index (κ1) is 16.7. The monoisotopic (exact) mass is 276 g/mol. The van der Waals surface area contributed by atoms with Crippen molar-refractivity contribution in [1.29, 1.82) is 0 Å². The molecule has 0 fully saturated rings. The zero-order chi connectivity index (χ0) is 15.0. The molecule has 3 N–H and O–H groups in total. The molecule has 0 bridgehead atoms. The molecule has 0 radical (unpaired) electrons. The average molecular weight is 276 g/mol. The normalized spacial score (nSPS) is 11.4. The standard InChI is InChI=1S/C17H28N2O/c1-4-5-14-6-8-15(9-7-14)19-16(20)10-11-17(2,3)12-13-18/h6-9H,4-5,10-13,18H2,1-3H3,(H,19,20). The van der Waals surface area contributed by atoms with Gasteiger partial charge in [-0.15, -0.1) is 0 Å². The van der Waals surface area contributed by atoms with Crippen LogP contribution in [-0.2, 0) is 11.2 Å². The quantitative estimate of drug-likeness (QED) is 0.760. The summed E-state index contributed by atoms with van der Waals surface area (Å²) >= 11 is 0. The Kier molecular flexibility index (Phi) is 6.73. The lowest BCUT2D eigenvalue weighted by Crippen LogP contribution is -2.20. The number of nitrogens with two attached hydrogens (primary N) is 1. The molecule has 3 nitrogen and oxygen atoms in total. The van der Waals surface area contributed by atoms with Gasteiger partial charge in [0.15, 0.2) is 0 Å². The van der Waals surface area contributed by atoms with Crippen molar-refractivity contribution in [3.8, 4) is 0 Å². The van der Waals surface area contributed by atoms with Crippen LogP contribution in [0.4, 0.5) is 5.69 Å². The van der Waals surface area contributed by atoms with E-state index in [-0.39, 0.29) is 11.3 Å². The van der Waals surface area contributed by atoms with E-state index in [1.165, 1.54) is 5.56 Å². The Morgan fingerprint density at radius 1 is 1.20 bits per heavy atom.